The van der Waals surface area contributed by atoms with E-state index in [4.69, 9.17) is 5.11 Å². The van der Waals surface area contributed by atoms with Gasteiger partial charge in [-0.2, -0.15) is 0 Å². The molecule has 2 heterocycles. The van der Waals surface area contributed by atoms with Gasteiger partial charge in [0.2, 0.25) is 0 Å². The van der Waals surface area contributed by atoms with Crippen LogP contribution in [0.15, 0.2) is 24.4 Å². The summed E-state index contributed by atoms with van der Waals surface area (Å²) < 4.78 is 28.8. The van der Waals surface area contributed by atoms with Gasteiger partial charge in [0, 0.05) is 37.9 Å². The summed E-state index contributed by atoms with van der Waals surface area (Å²) >= 11 is 0. The van der Waals surface area contributed by atoms with Crippen LogP contribution in [0.2, 0.25) is 0 Å². The first-order valence-electron chi connectivity index (χ1n) is 8.31. The molecule has 0 unspecified atom stereocenters. The smallest absolute Gasteiger partial charge is 0.163 e. The van der Waals surface area contributed by atoms with Gasteiger partial charge >= 0.3 is 0 Å². The Morgan fingerprint density at radius 1 is 1.21 bits per heavy atom. The number of hydrogen-bond acceptors (Lipinski definition) is 4. The molecule has 1 fully saturated rings. The van der Waals surface area contributed by atoms with Gasteiger partial charge in [-0.3, -0.25) is 9.58 Å². The number of piperidine rings is 1. The third-order valence-corrected chi connectivity index (χ3v) is 4.53. The summed E-state index contributed by atoms with van der Waals surface area (Å²) in [5.74, 6) is -1.02. The maximum absolute atomic E-state index is 13.7. The zero-order valence-electron chi connectivity index (χ0n) is 13.5. The molecule has 2 aromatic rings. The summed E-state index contributed by atoms with van der Waals surface area (Å²) in [7, 11) is 0. The van der Waals surface area contributed by atoms with Crippen LogP contribution in [-0.4, -0.2) is 44.7 Å². The molecule has 1 aliphatic heterocycles. The Labute approximate surface area is 139 Å². The lowest BCUT2D eigenvalue weighted by Crippen LogP contribution is -2.34. The minimum atomic E-state index is -0.785. The number of aromatic nitrogens is 3. The minimum Gasteiger partial charge on any atom is -0.396 e. The van der Waals surface area contributed by atoms with E-state index in [1.165, 1.54) is 0 Å². The Bertz CT molecular complexity index is 668. The molecule has 3 rings (SSSR count). The first kappa shape index (κ1) is 17.0. The molecule has 1 saturated heterocycles. The molecule has 1 N–H and O–H groups in total. The molecule has 130 valence electrons. The lowest BCUT2D eigenvalue weighted by atomic mass is 9.96. The van der Waals surface area contributed by atoms with Crippen LogP contribution in [0.4, 0.5) is 8.78 Å². The topological polar surface area (TPSA) is 54.2 Å². The highest BCUT2D eigenvalue weighted by Crippen LogP contribution is 2.22. The molecule has 0 radical (unpaired) electrons. The number of halogens is 2. The number of aliphatic hydroxyl groups is 1. The number of likely N-dealkylation sites (tertiary alicyclic amines) is 1. The number of nitrogens with zero attached hydrogens (tertiary/aromatic N) is 4. The molecular weight excluding hydrogens is 314 g/mol. The fourth-order valence-corrected chi connectivity index (χ4v) is 3.16. The van der Waals surface area contributed by atoms with Gasteiger partial charge in [0.1, 0.15) is 0 Å². The molecule has 7 heteroatoms. The summed E-state index contributed by atoms with van der Waals surface area (Å²) in [6.07, 6.45) is 4.39. The van der Waals surface area contributed by atoms with E-state index < -0.39 is 11.6 Å². The maximum Gasteiger partial charge on any atom is 0.163 e. The largest absolute Gasteiger partial charge is 0.396 e. The van der Waals surface area contributed by atoms with Crippen LogP contribution in [0, 0.1) is 17.6 Å². The second kappa shape index (κ2) is 7.81. The van der Waals surface area contributed by atoms with E-state index in [1.807, 2.05) is 10.9 Å². The highest BCUT2D eigenvalue weighted by Gasteiger charge is 2.21. The van der Waals surface area contributed by atoms with E-state index in [-0.39, 0.29) is 6.61 Å². The van der Waals surface area contributed by atoms with Crippen LogP contribution < -0.4 is 0 Å². The first-order valence-corrected chi connectivity index (χ1v) is 8.31. The summed E-state index contributed by atoms with van der Waals surface area (Å²) in [5, 5.41) is 17.0. The van der Waals surface area contributed by atoms with E-state index in [0.717, 1.165) is 44.2 Å². The highest BCUT2D eigenvalue weighted by molar-refractivity contribution is 5.18. The van der Waals surface area contributed by atoms with Crippen LogP contribution in [0.5, 0.6) is 0 Å². The van der Waals surface area contributed by atoms with Crippen LogP contribution in [-0.2, 0) is 19.5 Å². The average molecular weight is 336 g/mol. The van der Waals surface area contributed by atoms with Gasteiger partial charge in [0.25, 0.3) is 0 Å². The highest BCUT2D eigenvalue weighted by atomic mass is 19.2. The number of rotatable bonds is 6. The van der Waals surface area contributed by atoms with Crippen LogP contribution >= 0.6 is 0 Å². The molecule has 0 saturated carbocycles. The molecule has 0 spiro atoms. The van der Waals surface area contributed by atoms with Gasteiger partial charge in [-0.1, -0.05) is 17.3 Å². The van der Waals surface area contributed by atoms with Crippen molar-refractivity contribution in [1.82, 2.24) is 19.9 Å². The first-order chi connectivity index (χ1) is 11.7. The molecule has 0 amide bonds. The summed E-state index contributed by atoms with van der Waals surface area (Å²) in [6.45, 7) is 3.05. The van der Waals surface area contributed by atoms with Crippen molar-refractivity contribution < 1.29 is 13.9 Å². The summed E-state index contributed by atoms with van der Waals surface area (Å²) in [6, 6.07) is 4.34. The van der Waals surface area contributed by atoms with Gasteiger partial charge in [0.15, 0.2) is 11.6 Å². The van der Waals surface area contributed by atoms with E-state index in [0.29, 0.717) is 24.4 Å². The monoisotopic (exact) mass is 336 g/mol. The molecule has 0 aliphatic carbocycles. The Morgan fingerprint density at radius 2 is 2.00 bits per heavy atom. The van der Waals surface area contributed by atoms with E-state index in [1.54, 1.807) is 12.1 Å². The fourth-order valence-electron chi connectivity index (χ4n) is 3.16. The molecule has 1 aromatic heterocycles. The van der Waals surface area contributed by atoms with Gasteiger partial charge in [-0.05, 0) is 37.9 Å². The Kier molecular flexibility index (Phi) is 5.52. The second-order valence-corrected chi connectivity index (χ2v) is 6.34. The van der Waals surface area contributed by atoms with Crippen LogP contribution in [0.3, 0.4) is 0 Å². The van der Waals surface area contributed by atoms with Crippen molar-refractivity contribution in [2.75, 3.05) is 19.7 Å². The van der Waals surface area contributed by atoms with Crippen LogP contribution in [0.1, 0.15) is 24.1 Å². The van der Waals surface area contributed by atoms with E-state index in [9.17, 15) is 8.78 Å². The maximum atomic E-state index is 13.7. The second-order valence-electron chi connectivity index (χ2n) is 6.34. The zero-order chi connectivity index (χ0) is 16.9. The SMILES string of the molecule is OCCc1cn(CC2CCN(Cc3cccc(F)c3F)CC2)nn1. The van der Waals surface area contributed by atoms with E-state index in [2.05, 4.69) is 15.2 Å². The number of benzene rings is 1. The lowest BCUT2D eigenvalue weighted by Gasteiger charge is -2.31. The molecule has 1 aromatic carbocycles. The molecular formula is C17H22F2N4O. The third kappa shape index (κ3) is 4.15. The quantitative estimate of drug-likeness (QED) is 0.877. The van der Waals surface area contributed by atoms with Crippen molar-refractivity contribution in [1.29, 1.82) is 0 Å². The lowest BCUT2D eigenvalue weighted by molar-refractivity contribution is 0.162. The Balaban J connectivity index is 1.49. The minimum absolute atomic E-state index is 0.0771. The fraction of sp³-hybridized carbons (Fsp3) is 0.529. The van der Waals surface area contributed by atoms with Crippen molar-refractivity contribution in [3.05, 3.63) is 47.3 Å². The predicted molar refractivity (Wildman–Crippen MR) is 85.2 cm³/mol. The predicted octanol–water partition coefficient (Wildman–Crippen LogP) is 2.00. The van der Waals surface area contributed by atoms with Gasteiger partial charge in [0.05, 0.1) is 5.69 Å². The standard InChI is InChI=1S/C17H22F2N4O/c18-16-3-1-2-14(17(16)19)11-22-7-4-13(5-8-22)10-23-12-15(6-9-24)20-21-23/h1-3,12-13,24H,4-11H2. The third-order valence-electron chi connectivity index (χ3n) is 4.53. The normalized spacial score (nSPS) is 16.6. The van der Waals surface area contributed by atoms with Crippen LogP contribution in [0.25, 0.3) is 0 Å². The van der Waals surface area contributed by atoms with Crippen molar-refractivity contribution in [3.8, 4) is 0 Å². The van der Waals surface area contributed by atoms with Crippen molar-refractivity contribution >= 4 is 0 Å². The molecule has 0 atom stereocenters. The molecule has 24 heavy (non-hydrogen) atoms. The van der Waals surface area contributed by atoms with Gasteiger partial charge < -0.3 is 5.11 Å². The Hall–Kier alpha value is -1.86. The zero-order valence-corrected chi connectivity index (χ0v) is 13.5. The molecule has 5 nitrogen and oxygen atoms in total. The number of hydrogen-bond donors (Lipinski definition) is 1. The number of aliphatic hydroxyl groups excluding tert-OH is 1. The van der Waals surface area contributed by atoms with Crippen molar-refractivity contribution in [2.24, 2.45) is 5.92 Å². The molecule has 1 aliphatic rings. The van der Waals surface area contributed by atoms with Gasteiger partial charge in [-0.15, -0.1) is 5.10 Å². The average Bonchev–Trinajstić information content (AvgIpc) is 3.01. The van der Waals surface area contributed by atoms with Gasteiger partial charge in [-0.25, -0.2) is 8.78 Å². The van der Waals surface area contributed by atoms with E-state index >= 15 is 0 Å². The van der Waals surface area contributed by atoms with Crippen molar-refractivity contribution in [3.63, 3.8) is 0 Å². The summed E-state index contributed by atoms with van der Waals surface area (Å²) in [4.78, 5) is 2.16. The van der Waals surface area contributed by atoms with Crippen molar-refractivity contribution in [2.45, 2.75) is 32.4 Å². The summed E-state index contributed by atoms with van der Waals surface area (Å²) in [5.41, 5.74) is 1.22. The Morgan fingerprint density at radius 3 is 2.75 bits per heavy atom. The molecule has 0 bridgehead atoms.